The third-order valence-electron chi connectivity index (χ3n) is 6.59. The first-order valence-corrected chi connectivity index (χ1v) is 12.1. The maximum Gasteiger partial charge on any atom is 0.258 e. The number of benzene rings is 1. The van der Waals surface area contributed by atoms with E-state index in [1.54, 1.807) is 6.20 Å². The van der Waals surface area contributed by atoms with Crippen molar-refractivity contribution >= 4 is 11.8 Å². The second-order valence-electron chi connectivity index (χ2n) is 9.22. The molecule has 1 saturated heterocycles. The summed E-state index contributed by atoms with van der Waals surface area (Å²) in [5.74, 6) is 1.02. The fourth-order valence-corrected chi connectivity index (χ4v) is 4.70. The minimum Gasteiger partial charge on any atom is -0.483 e. The Morgan fingerprint density at radius 1 is 1.24 bits per heavy atom. The predicted octanol–water partition coefficient (Wildman–Crippen LogP) is 2.82. The van der Waals surface area contributed by atoms with Gasteiger partial charge in [0.15, 0.2) is 6.61 Å². The average Bonchev–Trinajstić information content (AvgIpc) is 2.85. The van der Waals surface area contributed by atoms with E-state index in [2.05, 4.69) is 27.4 Å². The number of piperidine rings is 1. The first kappa shape index (κ1) is 24.0. The van der Waals surface area contributed by atoms with Gasteiger partial charge in [0.2, 0.25) is 5.91 Å². The molecule has 2 aromatic rings. The lowest BCUT2D eigenvalue weighted by Gasteiger charge is -2.39. The first-order valence-electron chi connectivity index (χ1n) is 12.1. The van der Waals surface area contributed by atoms with E-state index in [-0.39, 0.29) is 30.4 Å². The highest BCUT2D eigenvalue weighted by Crippen LogP contribution is 2.24. The number of hydrogen-bond donors (Lipinski definition) is 1. The molecule has 2 aliphatic rings. The third kappa shape index (κ3) is 6.67. The van der Waals surface area contributed by atoms with Crippen molar-refractivity contribution in [2.75, 3.05) is 33.3 Å². The molecule has 7 heteroatoms. The number of nitrogens with one attached hydrogen (secondary N) is 1. The second-order valence-corrected chi connectivity index (χ2v) is 9.22. The number of carbonyl (C=O) groups is 2. The van der Waals surface area contributed by atoms with E-state index in [9.17, 15) is 9.59 Å². The Balaban J connectivity index is 1.33. The Labute approximate surface area is 201 Å². The molecule has 1 aromatic carbocycles. The molecule has 0 saturated carbocycles. The number of hydrogen-bond acceptors (Lipinski definition) is 5. The standard InChI is InChI=1S/C27H34N4O3/c1-30(18-21-7-6-14-28-17-21)15-13-27(33)31-16-12-24-23(19-31)10-3-2-8-22-9-4-5-11-25(22)34-20-26(32)29-24/h2-7,9,11,14,17,23-24H,8,10,12-13,15-16,18-20H2,1H3,(H,29,32)/b3-2+/t23-,24+/m0/s1. The summed E-state index contributed by atoms with van der Waals surface area (Å²) in [6.45, 7) is 2.81. The number of para-hydroxylation sites is 1. The molecular weight excluding hydrogens is 428 g/mol. The van der Waals surface area contributed by atoms with Crippen LogP contribution in [0.1, 0.15) is 30.4 Å². The van der Waals surface area contributed by atoms with Gasteiger partial charge < -0.3 is 19.9 Å². The molecule has 1 N–H and O–H groups in total. The van der Waals surface area contributed by atoms with Gasteiger partial charge in [-0.3, -0.25) is 14.6 Å². The average molecular weight is 463 g/mol. The SMILES string of the molecule is CN(CCC(=O)N1CC[C@H]2NC(=O)COc3ccccc3C/C=C/C[C@H]2C1)Cc1cccnc1. The number of amides is 2. The minimum atomic E-state index is -0.105. The van der Waals surface area contributed by atoms with E-state index in [1.165, 1.54) is 0 Å². The molecular formula is C27H34N4O3. The second kappa shape index (κ2) is 11.8. The van der Waals surface area contributed by atoms with Crippen LogP contribution in [0.25, 0.3) is 0 Å². The highest BCUT2D eigenvalue weighted by atomic mass is 16.5. The molecule has 0 aliphatic carbocycles. The van der Waals surface area contributed by atoms with E-state index in [4.69, 9.17) is 4.74 Å². The fraction of sp³-hybridized carbons (Fsp3) is 0.444. The van der Waals surface area contributed by atoms with Gasteiger partial charge in [0.1, 0.15) is 5.75 Å². The van der Waals surface area contributed by atoms with Crippen LogP contribution in [0.3, 0.4) is 0 Å². The maximum atomic E-state index is 13.0. The number of nitrogens with zero attached hydrogens (tertiary/aromatic N) is 3. The lowest BCUT2D eigenvalue weighted by Crippen LogP contribution is -2.53. The van der Waals surface area contributed by atoms with Crippen LogP contribution in [0.15, 0.2) is 60.9 Å². The van der Waals surface area contributed by atoms with Gasteiger partial charge in [0.05, 0.1) is 0 Å². The van der Waals surface area contributed by atoms with Crippen molar-refractivity contribution in [3.63, 3.8) is 0 Å². The quantitative estimate of drug-likeness (QED) is 0.692. The van der Waals surface area contributed by atoms with Crippen molar-refractivity contribution in [2.24, 2.45) is 5.92 Å². The van der Waals surface area contributed by atoms with Gasteiger partial charge in [0, 0.05) is 57.0 Å². The third-order valence-corrected chi connectivity index (χ3v) is 6.59. The van der Waals surface area contributed by atoms with Crippen molar-refractivity contribution in [1.82, 2.24) is 20.1 Å². The lowest BCUT2D eigenvalue weighted by atomic mass is 9.88. The Morgan fingerprint density at radius 2 is 2.12 bits per heavy atom. The van der Waals surface area contributed by atoms with Gasteiger partial charge in [-0.2, -0.15) is 0 Å². The molecule has 3 heterocycles. The van der Waals surface area contributed by atoms with Crippen molar-refractivity contribution in [2.45, 2.75) is 38.3 Å². The molecule has 7 nitrogen and oxygen atoms in total. The van der Waals surface area contributed by atoms with E-state index < -0.39 is 0 Å². The molecule has 0 bridgehead atoms. The number of pyridine rings is 1. The molecule has 2 atom stereocenters. The van der Waals surface area contributed by atoms with Crippen LogP contribution in [0.5, 0.6) is 5.75 Å². The number of likely N-dealkylation sites (tertiary alicyclic amines) is 1. The van der Waals surface area contributed by atoms with Crippen LogP contribution in [-0.4, -0.2) is 65.9 Å². The van der Waals surface area contributed by atoms with E-state index in [0.29, 0.717) is 26.1 Å². The van der Waals surface area contributed by atoms with Crippen LogP contribution >= 0.6 is 0 Å². The monoisotopic (exact) mass is 462 g/mol. The number of allylic oxidation sites excluding steroid dienone is 2. The van der Waals surface area contributed by atoms with Gasteiger partial charge in [-0.15, -0.1) is 0 Å². The van der Waals surface area contributed by atoms with Crippen molar-refractivity contribution in [3.8, 4) is 5.75 Å². The molecule has 4 rings (SSSR count). The van der Waals surface area contributed by atoms with Crippen LogP contribution < -0.4 is 10.1 Å². The van der Waals surface area contributed by atoms with Crippen molar-refractivity contribution < 1.29 is 14.3 Å². The Kier molecular flexibility index (Phi) is 8.31. The highest BCUT2D eigenvalue weighted by Gasteiger charge is 2.32. The summed E-state index contributed by atoms with van der Waals surface area (Å²) < 4.78 is 5.79. The maximum absolute atomic E-state index is 13.0. The van der Waals surface area contributed by atoms with E-state index in [1.807, 2.05) is 54.5 Å². The summed E-state index contributed by atoms with van der Waals surface area (Å²) in [5.41, 5.74) is 2.21. The molecule has 2 amide bonds. The number of aromatic nitrogens is 1. The molecule has 2 aliphatic heterocycles. The smallest absolute Gasteiger partial charge is 0.258 e. The Bertz CT molecular complexity index is 994. The van der Waals surface area contributed by atoms with E-state index in [0.717, 1.165) is 42.7 Å². The van der Waals surface area contributed by atoms with E-state index >= 15 is 0 Å². The summed E-state index contributed by atoms with van der Waals surface area (Å²) >= 11 is 0. The zero-order valence-corrected chi connectivity index (χ0v) is 19.9. The lowest BCUT2D eigenvalue weighted by molar-refractivity contribution is -0.134. The first-order chi connectivity index (χ1) is 16.6. The Hall–Kier alpha value is -3.19. The Morgan fingerprint density at radius 3 is 2.97 bits per heavy atom. The van der Waals surface area contributed by atoms with Gasteiger partial charge >= 0.3 is 0 Å². The molecule has 0 radical (unpaired) electrons. The number of carbonyl (C=O) groups excluding carboxylic acids is 2. The van der Waals surface area contributed by atoms with Gasteiger partial charge in [-0.05, 0) is 49.6 Å². The van der Waals surface area contributed by atoms with Crippen LogP contribution in [-0.2, 0) is 22.6 Å². The molecule has 0 unspecified atom stereocenters. The molecule has 34 heavy (non-hydrogen) atoms. The number of rotatable bonds is 5. The normalized spacial score (nSPS) is 21.8. The molecule has 0 spiro atoms. The van der Waals surface area contributed by atoms with Crippen molar-refractivity contribution in [3.05, 3.63) is 72.1 Å². The van der Waals surface area contributed by atoms with Crippen molar-refractivity contribution in [1.29, 1.82) is 0 Å². The van der Waals surface area contributed by atoms with Crippen LogP contribution in [0, 0.1) is 5.92 Å². The highest BCUT2D eigenvalue weighted by molar-refractivity contribution is 5.78. The summed E-state index contributed by atoms with van der Waals surface area (Å²) in [4.78, 5) is 33.8. The van der Waals surface area contributed by atoms with Crippen LogP contribution in [0.2, 0.25) is 0 Å². The zero-order chi connectivity index (χ0) is 23.8. The van der Waals surface area contributed by atoms with Gasteiger partial charge in [-0.25, -0.2) is 0 Å². The summed E-state index contributed by atoms with van der Waals surface area (Å²) in [6, 6.07) is 11.9. The molecule has 1 aromatic heterocycles. The molecule has 1 fully saturated rings. The van der Waals surface area contributed by atoms with Gasteiger partial charge in [-0.1, -0.05) is 36.4 Å². The summed E-state index contributed by atoms with van der Waals surface area (Å²) in [6.07, 6.45) is 10.8. The largest absolute Gasteiger partial charge is 0.483 e. The topological polar surface area (TPSA) is 74.8 Å². The fourth-order valence-electron chi connectivity index (χ4n) is 4.70. The number of fused-ring (bicyclic) bond motifs is 2. The molecule has 180 valence electrons. The minimum absolute atomic E-state index is 0.00978. The van der Waals surface area contributed by atoms with Gasteiger partial charge in [0.25, 0.3) is 5.91 Å². The van der Waals surface area contributed by atoms with Crippen LogP contribution in [0.4, 0.5) is 0 Å². The summed E-state index contributed by atoms with van der Waals surface area (Å²) in [7, 11) is 2.03. The predicted molar refractivity (Wildman–Crippen MR) is 131 cm³/mol. The number of ether oxygens (including phenoxy) is 1. The summed E-state index contributed by atoms with van der Waals surface area (Å²) in [5, 5.41) is 3.15. The zero-order valence-electron chi connectivity index (χ0n) is 19.9.